The second-order valence-corrected chi connectivity index (χ2v) is 3.21. The molecule has 15 heavy (non-hydrogen) atoms. The van der Waals surface area contributed by atoms with E-state index in [1.165, 1.54) is 12.4 Å². The lowest BCUT2D eigenvalue weighted by molar-refractivity contribution is 0.0690. The predicted octanol–water partition coefficient (Wildman–Crippen LogP) is -0.00820. The summed E-state index contributed by atoms with van der Waals surface area (Å²) in [6.45, 7) is 1.83. The van der Waals surface area contributed by atoms with Crippen LogP contribution in [-0.2, 0) is 0 Å². The minimum Gasteiger partial charge on any atom is -0.476 e. The number of aromatic nitrogens is 2. The Balaban J connectivity index is 2.84. The van der Waals surface area contributed by atoms with Crippen molar-refractivity contribution < 1.29 is 15.0 Å². The van der Waals surface area contributed by atoms with Gasteiger partial charge in [-0.3, -0.25) is 0 Å². The Kier molecular flexibility index (Phi) is 3.56. The number of nitrogens with zero attached hydrogens (tertiary/aromatic N) is 3. The van der Waals surface area contributed by atoms with Crippen molar-refractivity contribution in [2.75, 3.05) is 18.6 Å². The van der Waals surface area contributed by atoms with E-state index in [-0.39, 0.29) is 18.3 Å². The fraction of sp³-hybridized carbons (Fsp3) is 0.444. The van der Waals surface area contributed by atoms with E-state index in [9.17, 15) is 4.79 Å². The lowest BCUT2D eigenvalue weighted by Crippen LogP contribution is -2.32. The average Bonchev–Trinajstić information content (AvgIpc) is 2.27. The molecule has 1 heterocycles. The van der Waals surface area contributed by atoms with E-state index in [1.54, 1.807) is 11.9 Å². The van der Waals surface area contributed by atoms with Crippen molar-refractivity contribution in [3.63, 3.8) is 0 Å². The van der Waals surface area contributed by atoms with Crippen LogP contribution in [0.5, 0.6) is 0 Å². The van der Waals surface area contributed by atoms with Gasteiger partial charge in [-0.15, -0.1) is 0 Å². The first kappa shape index (κ1) is 11.4. The summed E-state index contributed by atoms with van der Waals surface area (Å²) < 4.78 is 0. The summed E-state index contributed by atoms with van der Waals surface area (Å²) in [6, 6.07) is -0.0880. The van der Waals surface area contributed by atoms with Crippen molar-refractivity contribution in [1.82, 2.24) is 9.97 Å². The molecule has 6 heteroatoms. The summed E-state index contributed by atoms with van der Waals surface area (Å²) in [4.78, 5) is 19.9. The molecule has 0 saturated carbocycles. The van der Waals surface area contributed by atoms with Crippen molar-refractivity contribution in [2.45, 2.75) is 13.0 Å². The summed E-state index contributed by atoms with van der Waals surface area (Å²) in [5, 5.41) is 17.5. The highest BCUT2D eigenvalue weighted by molar-refractivity contribution is 5.84. The fourth-order valence-corrected chi connectivity index (χ4v) is 0.962. The van der Waals surface area contributed by atoms with Gasteiger partial charge in [-0.25, -0.2) is 14.8 Å². The lowest BCUT2D eigenvalue weighted by atomic mass is 10.3. The minimum absolute atomic E-state index is 0.00113. The molecule has 1 atom stereocenters. The first-order valence-electron chi connectivity index (χ1n) is 4.45. The third-order valence-corrected chi connectivity index (χ3v) is 2.14. The number of anilines is 1. The molecule has 6 nitrogen and oxygen atoms in total. The number of hydrogen-bond donors (Lipinski definition) is 2. The number of carboxylic acid groups (broad SMARTS) is 1. The quantitative estimate of drug-likeness (QED) is 0.728. The molecular weight excluding hydrogens is 198 g/mol. The van der Waals surface area contributed by atoms with Gasteiger partial charge in [0.05, 0.1) is 25.0 Å². The number of carboxylic acids is 1. The van der Waals surface area contributed by atoms with Crippen LogP contribution in [0.1, 0.15) is 17.4 Å². The number of hydrogen-bond acceptors (Lipinski definition) is 5. The Morgan fingerprint density at radius 3 is 2.60 bits per heavy atom. The Morgan fingerprint density at radius 1 is 1.53 bits per heavy atom. The second kappa shape index (κ2) is 4.70. The Morgan fingerprint density at radius 2 is 2.20 bits per heavy atom. The summed E-state index contributed by atoms with van der Waals surface area (Å²) >= 11 is 0. The van der Waals surface area contributed by atoms with E-state index in [0.717, 1.165) is 0 Å². The summed E-state index contributed by atoms with van der Waals surface area (Å²) in [5.41, 5.74) is -0.0937. The number of rotatable bonds is 4. The van der Waals surface area contributed by atoms with Crippen LogP contribution in [0.15, 0.2) is 12.4 Å². The maximum atomic E-state index is 10.5. The summed E-state index contributed by atoms with van der Waals surface area (Å²) in [5.74, 6) is -0.576. The molecule has 0 aliphatic heterocycles. The molecule has 0 spiro atoms. The van der Waals surface area contributed by atoms with E-state index in [1.807, 2.05) is 6.92 Å². The van der Waals surface area contributed by atoms with Crippen molar-refractivity contribution >= 4 is 11.8 Å². The molecule has 1 aromatic heterocycles. The molecule has 82 valence electrons. The normalized spacial score (nSPS) is 12.2. The first-order valence-corrected chi connectivity index (χ1v) is 4.45. The molecule has 0 amide bonds. The van der Waals surface area contributed by atoms with Crippen LogP contribution in [0.3, 0.4) is 0 Å². The van der Waals surface area contributed by atoms with Gasteiger partial charge in [0.2, 0.25) is 0 Å². The average molecular weight is 211 g/mol. The highest BCUT2D eigenvalue weighted by atomic mass is 16.4. The van der Waals surface area contributed by atoms with Gasteiger partial charge in [-0.1, -0.05) is 0 Å². The van der Waals surface area contributed by atoms with Gasteiger partial charge in [0.1, 0.15) is 5.82 Å². The van der Waals surface area contributed by atoms with Crippen LogP contribution >= 0.6 is 0 Å². The molecule has 2 N–H and O–H groups in total. The zero-order chi connectivity index (χ0) is 11.4. The van der Waals surface area contributed by atoms with Crippen LogP contribution < -0.4 is 4.90 Å². The maximum Gasteiger partial charge on any atom is 0.356 e. The molecule has 0 aromatic carbocycles. The van der Waals surface area contributed by atoms with E-state index in [2.05, 4.69) is 9.97 Å². The number of aromatic carboxylic acids is 1. The molecule has 0 fully saturated rings. The van der Waals surface area contributed by atoms with Gasteiger partial charge in [0.15, 0.2) is 5.69 Å². The largest absolute Gasteiger partial charge is 0.476 e. The van der Waals surface area contributed by atoms with E-state index < -0.39 is 5.97 Å². The van der Waals surface area contributed by atoms with Crippen LogP contribution in [0.4, 0.5) is 5.82 Å². The molecule has 0 unspecified atom stereocenters. The first-order chi connectivity index (χ1) is 7.06. The molecule has 1 aromatic rings. The van der Waals surface area contributed by atoms with Crippen LogP contribution in [0.25, 0.3) is 0 Å². The fourth-order valence-electron chi connectivity index (χ4n) is 0.962. The van der Waals surface area contributed by atoms with E-state index >= 15 is 0 Å². The monoisotopic (exact) mass is 211 g/mol. The van der Waals surface area contributed by atoms with E-state index in [4.69, 9.17) is 10.2 Å². The second-order valence-electron chi connectivity index (χ2n) is 3.21. The minimum atomic E-state index is -1.10. The number of carbonyl (C=O) groups is 1. The van der Waals surface area contributed by atoms with Gasteiger partial charge in [-0.05, 0) is 6.92 Å². The van der Waals surface area contributed by atoms with E-state index in [0.29, 0.717) is 5.82 Å². The third kappa shape index (κ3) is 2.63. The topological polar surface area (TPSA) is 86.5 Å². The molecule has 0 aliphatic rings. The van der Waals surface area contributed by atoms with Gasteiger partial charge in [0, 0.05) is 7.05 Å². The lowest BCUT2D eigenvalue weighted by Gasteiger charge is -2.23. The van der Waals surface area contributed by atoms with Crippen LogP contribution in [-0.4, -0.2) is 45.8 Å². The smallest absolute Gasteiger partial charge is 0.356 e. The summed E-state index contributed by atoms with van der Waals surface area (Å²) in [7, 11) is 1.76. The van der Waals surface area contributed by atoms with Gasteiger partial charge >= 0.3 is 5.97 Å². The molecule has 1 rings (SSSR count). The van der Waals surface area contributed by atoms with Crippen LogP contribution in [0.2, 0.25) is 0 Å². The maximum absolute atomic E-state index is 10.5. The predicted molar refractivity (Wildman–Crippen MR) is 53.9 cm³/mol. The number of aliphatic hydroxyl groups is 1. The standard InChI is InChI=1S/C9H13N3O3/c1-6(5-13)12(2)8-4-10-7(3-11-8)9(14)15/h3-4,6,13H,5H2,1-2H3,(H,14,15)/t6-/m1/s1. The zero-order valence-electron chi connectivity index (χ0n) is 8.58. The molecule has 0 radical (unpaired) electrons. The van der Waals surface area contributed by atoms with Crippen LogP contribution in [0, 0.1) is 0 Å². The van der Waals surface area contributed by atoms with Gasteiger partial charge in [0.25, 0.3) is 0 Å². The molecule has 0 bridgehead atoms. The van der Waals surface area contributed by atoms with Gasteiger partial charge < -0.3 is 15.1 Å². The number of likely N-dealkylation sites (N-methyl/N-ethyl adjacent to an activating group) is 1. The van der Waals surface area contributed by atoms with Gasteiger partial charge in [-0.2, -0.15) is 0 Å². The van der Waals surface area contributed by atoms with Crippen molar-refractivity contribution in [3.05, 3.63) is 18.1 Å². The Labute approximate surface area is 87.2 Å². The molecular formula is C9H13N3O3. The van der Waals surface area contributed by atoms with Crippen molar-refractivity contribution in [2.24, 2.45) is 0 Å². The SMILES string of the molecule is C[C@H](CO)N(C)c1cnc(C(=O)O)cn1. The highest BCUT2D eigenvalue weighted by Gasteiger charge is 2.11. The van der Waals surface area contributed by atoms with Crippen molar-refractivity contribution in [1.29, 1.82) is 0 Å². The molecule has 0 aliphatic carbocycles. The van der Waals surface area contributed by atoms with Crippen molar-refractivity contribution in [3.8, 4) is 0 Å². The Hall–Kier alpha value is -1.69. The molecule has 0 saturated heterocycles. The number of aliphatic hydroxyl groups excluding tert-OH is 1. The Bertz CT molecular complexity index is 339. The zero-order valence-corrected chi connectivity index (χ0v) is 8.58. The highest BCUT2D eigenvalue weighted by Crippen LogP contribution is 2.09. The third-order valence-electron chi connectivity index (χ3n) is 2.14. The summed E-state index contributed by atoms with van der Waals surface area (Å²) in [6.07, 6.45) is 2.56.